The first-order valence-corrected chi connectivity index (χ1v) is 5.51. The number of aliphatic hydroxyl groups excluding tert-OH is 2. The summed E-state index contributed by atoms with van der Waals surface area (Å²) < 4.78 is 0. The van der Waals surface area contributed by atoms with E-state index in [9.17, 15) is 10.1 Å². The monoisotopic (exact) mass is 272 g/mol. The fraction of sp³-hybridized carbons (Fsp3) is 0.556. The van der Waals surface area contributed by atoms with Crippen LogP contribution in [-0.4, -0.2) is 51.4 Å². The van der Waals surface area contributed by atoms with Gasteiger partial charge in [0.15, 0.2) is 0 Å². The summed E-state index contributed by atoms with van der Waals surface area (Å²) >= 11 is 0. The standard InChI is InChI=1S/C9H16N6O4/c1-6-7(15(18)19)8(12-9(11-6)13-10)14(2-4-16)3-5-17/h16-17H,2-5,10H2,1H3,(H,11,12,13). The van der Waals surface area contributed by atoms with Crippen LogP contribution >= 0.6 is 0 Å². The highest BCUT2D eigenvalue weighted by molar-refractivity contribution is 5.62. The van der Waals surface area contributed by atoms with E-state index < -0.39 is 4.92 Å². The number of nitrogens with one attached hydrogen (secondary N) is 1. The van der Waals surface area contributed by atoms with Crippen molar-refractivity contribution in [3.63, 3.8) is 0 Å². The SMILES string of the molecule is Cc1nc(NN)nc(N(CCO)CCO)c1[N+](=O)[O-]. The summed E-state index contributed by atoms with van der Waals surface area (Å²) in [6, 6.07) is 0. The van der Waals surface area contributed by atoms with E-state index in [0.29, 0.717) is 0 Å². The third-order valence-corrected chi connectivity index (χ3v) is 2.39. The van der Waals surface area contributed by atoms with E-state index in [1.807, 2.05) is 0 Å². The number of aryl methyl sites for hydroxylation is 1. The van der Waals surface area contributed by atoms with Gasteiger partial charge in [-0.2, -0.15) is 4.98 Å². The van der Waals surface area contributed by atoms with Crippen molar-refractivity contribution < 1.29 is 15.1 Å². The van der Waals surface area contributed by atoms with Gasteiger partial charge >= 0.3 is 5.69 Å². The number of hydrogen-bond acceptors (Lipinski definition) is 9. The van der Waals surface area contributed by atoms with Crippen LogP contribution in [0.2, 0.25) is 0 Å². The number of aliphatic hydroxyl groups is 2. The lowest BCUT2D eigenvalue weighted by Crippen LogP contribution is -2.32. The third-order valence-electron chi connectivity index (χ3n) is 2.39. The molecule has 0 aliphatic carbocycles. The topological polar surface area (TPSA) is 151 Å². The van der Waals surface area contributed by atoms with Gasteiger partial charge in [0.25, 0.3) is 0 Å². The van der Waals surface area contributed by atoms with Crippen LogP contribution in [0.25, 0.3) is 0 Å². The van der Waals surface area contributed by atoms with Crippen molar-refractivity contribution in [2.75, 3.05) is 36.6 Å². The van der Waals surface area contributed by atoms with Gasteiger partial charge in [-0.25, -0.2) is 10.8 Å². The summed E-state index contributed by atoms with van der Waals surface area (Å²) in [6.45, 7) is 1.20. The van der Waals surface area contributed by atoms with Crippen LogP contribution in [0.4, 0.5) is 17.5 Å². The predicted molar refractivity (Wildman–Crippen MR) is 67.6 cm³/mol. The lowest BCUT2D eigenvalue weighted by molar-refractivity contribution is -0.385. The lowest BCUT2D eigenvalue weighted by Gasteiger charge is -2.22. The molecule has 1 aromatic rings. The Morgan fingerprint density at radius 1 is 1.37 bits per heavy atom. The summed E-state index contributed by atoms with van der Waals surface area (Å²) in [6.07, 6.45) is 0. The highest BCUT2D eigenvalue weighted by atomic mass is 16.6. The molecule has 0 bridgehead atoms. The average Bonchev–Trinajstić information content (AvgIpc) is 2.36. The first kappa shape index (κ1) is 15.0. The number of anilines is 2. The molecule has 19 heavy (non-hydrogen) atoms. The van der Waals surface area contributed by atoms with Crippen molar-refractivity contribution in [3.8, 4) is 0 Å². The van der Waals surface area contributed by atoms with Gasteiger partial charge in [-0.3, -0.25) is 15.5 Å². The minimum Gasteiger partial charge on any atom is -0.395 e. The maximum absolute atomic E-state index is 11.1. The molecule has 1 heterocycles. The number of nitro groups is 1. The minimum atomic E-state index is -0.604. The van der Waals surface area contributed by atoms with Crippen molar-refractivity contribution in [1.29, 1.82) is 0 Å². The fourth-order valence-corrected chi connectivity index (χ4v) is 1.62. The Kier molecular flexibility index (Phi) is 5.36. The molecule has 1 rings (SSSR count). The quantitative estimate of drug-likeness (QED) is 0.271. The molecule has 0 saturated heterocycles. The van der Waals surface area contributed by atoms with E-state index in [1.54, 1.807) is 0 Å². The van der Waals surface area contributed by atoms with Gasteiger partial charge in [0.2, 0.25) is 11.8 Å². The summed E-state index contributed by atoms with van der Waals surface area (Å²) in [7, 11) is 0. The Morgan fingerprint density at radius 3 is 2.37 bits per heavy atom. The number of nitrogens with zero attached hydrogens (tertiary/aromatic N) is 4. The molecular weight excluding hydrogens is 256 g/mol. The van der Waals surface area contributed by atoms with Crippen LogP contribution in [0, 0.1) is 17.0 Å². The summed E-state index contributed by atoms with van der Waals surface area (Å²) in [5.41, 5.74) is 2.08. The van der Waals surface area contributed by atoms with Gasteiger partial charge in [-0.1, -0.05) is 0 Å². The fourth-order valence-electron chi connectivity index (χ4n) is 1.62. The molecule has 0 atom stereocenters. The highest BCUT2D eigenvalue weighted by Crippen LogP contribution is 2.29. The Hall–Kier alpha value is -2.04. The molecule has 106 valence electrons. The molecule has 0 fully saturated rings. The molecule has 0 aliphatic heterocycles. The largest absolute Gasteiger partial charge is 0.395 e. The first-order valence-electron chi connectivity index (χ1n) is 5.51. The maximum Gasteiger partial charge on any atom is 0.332 e. The molecule has 5 N–H and O–H groups in total. The smallest absolute Gasteiger partial charge is 0.332 e. The van der Waals surface area contributed by atoms with E-state index in [0.717, 1.165) is 0 Å². The van der Waals surface area contributed by atoms with Gasteiger partial charge in [0.1, 0.15) is 5.69 Å². The summed E-state index contributed by atoms with van der Waals surface area (Å²) in [5.74, 6) is 5.23. The van der Waals surface area contributed by atoms with Gasteiger partial charge in [0, 0.05) is 13.1 Å². The van der Waals surface area contributed by atoms with Gasteiger partial charge in [-0.15, -0.1) is 0 Å². The minimum absolute atomic E-state index is 0.00792. The van der Waals surface area contributed by atoms with E-state index in [-0.39, 0.29) is 49.5 Å². The van der Waals surface area contributed by atoms with Crippen LogP contribution < -0.4 is 16.2 Å². The number of nitrogens with two attached hydrogens (primary N) is 1. The van der Waals surface area contributed by atoms with Crippen LogP contribution in [0.3, 0.4) is 0 Å². The van der Waals surface area contributed by atoms with Crippen LogP contribution in [-0.2, 0) is 0 Å². The van der Waals surface area contributed by atoms with E-state index in [2.05, 4.69) is 15.4 Å². The second-order valence-electron chi connectivity index (χ2n) is 3.64. The molecule has 10 nitrogen and oxygen atoms in total. The molecule has 0 aliphatic rings. The molecule has 1 aromatic heterocycles. The van der Waals surface area contributed by atoms with Gasteiger partial charge < -0.3 is 15.1 Å². The second-order valence-corrected chi connectivity index (χ2v) is 3.64. The van der Waals surface area contributed by atoms with E-state index in [4.69, 9.17) is 16.1 Å². The Bertz CT molecular complexity index is 449. The number of aromatic nitrogens is 2. The van der Waals surface area contributed by atoms with E-state index in [1.165, 1.54) is 11.8 Å². The average molecular weight is 272 g/mol. The molecule has 0 spiro atoms. The number of hydrazine groups is 1. The van der Waals surface area contributed by atoms with Crippen molar-refractivity contribution in [1.82, 2.24) is 9.97 Å². The highest BCUT2D eigenvalue weighted by Gasteiger charge is 2.26. The van der Waals surface area contributed by atoms with Crippen LogP contribution in [0.5, 0.6) is 0 Å². The van der Waals surface area contributed by atoms with Gasteiger partial charge in [-0.05, 0) is 6.92 Å². The maximum atomic E-state index is 11.1. The van der Waals surface area contributed by atoms with Crippen molar-refractivity contribution in [3.05, 3.63) is 15.8 Å². The Labute approximate surface area is 109 Å². The molecule has 0 saturated carbocycles. The molecule has 0 amide bonds. The zero-order chi connectivity index (χ0) is 14.4. The summed E-state index contributed by atoms with van der Waals surface area (Å²) in [4.78, 5) is 19.6. The van der Waals surface area contributed by atoms with Crippen molar-refractivity contribution >= 4 is 17.5 Å². The van der Waals surface area contributed by atoms with Gasteiger partial charge in [0.05, 0.1) is 18.1 Å². The van der Waals surface area contributed by atoms with Crippen LogP contribution in [0.1, 0.15) is 5.69 Å². The van der Waals surface area contributed by atoms with Crippen molar-refractivity contribution in [2.24, 2.45) is 5.84 Å². The number of hydrogen-bond donors (Lipinski definition) is 4. The molecule has 0 aromatic carbocycles. The zero-order valence-corrected chi connectivity index (χ0v) is 10.4. The number of rotatable bonds is 7. The second kappa shape index (κ2) is 6.78. The molecular formula is C9H16N6O4. The van der Waals surface area contributed by atoms with Crippen LogP contribution in [0.15, 0.2) is 0 Å². The zero-order valence-electron chi connectivity index (χ0n) is 10.4. The van der Waals surface area contributed by atoms with Crippen molar-refractivity contribution in [2.45, 2.75) is 6.92 Å². The molecule has 10 heteroatoms. The normalized spacial score (nSPS) is 10.3. The Morgan fingerprint density at radius 2 is 1.95 bits per heavy atom. The summed E-state index contributed by atoms with van der Waals surface area (Å²) in [5, 5.41) is 29.0. The first-order chi connectivity index (χ1) is 9.04. The predicted octanol–water partition coefficient (Wildman–Crippen LogP) is -1.23. The number of nitrogen functional groups attached to an aromatic ring is 1. The molecule has 0 radical (unpaired) electrons. The molecule has 0 unspecified atom stereocenters. The lowest BCUT2D eigenvalue weighted by atomic mass is 10.3. The third kappa shape index (κ3) is 3.47. The Balaban J connectivity index is 3.34. The van der Waals surface area contributed by atoms with E-state index >= 15 is 0 Å².